The van der Waals surface area contributed by atoms with Gasteiger partial charge in [0.15, 0.2) is 0 Å². The molecule has 124 valence electrons. The van der Waals surface area contributed by atoms with E-state index in [2.05, 4.69) is 0 Å². The molecule has 0 bridgehead atoms. The van der Waals surface area contributed by atoms with Crippen molar-refractivity contribution in [1.82, 2.24) is 9.80 Å². The van der Waals surface area contributed by atoms with Crippen LogP contribution in [0.15, 0.2) is 48.5 Å². The van der Waals surface area contributed by atoms with Crippen molar-refractivity contribution >= 4 is 11.8 Å². The quantitative estimate of drug-likeness (QED) is 0.853. The summed E-state index contributed by atoms with van der Waals surface area (Å²) in [6.07, 6.45) is 0. The van der Waals surface area contributed by atoms with Crippen LogP contribution < -0.4 is 0 Å². The number of hydrogen-bond donors (Lipinski definition) is 0. The van der Waals surface area contributed by atoms with Crippen molar-refractivity contribution in [2.75, 3.05) is 26.2 Å². The van der Waals surface area contributed by atoms with Gasteiger partial charge in [-0.1, -0.05) is 35.9 Å². The average Bonchev–Trinajstić information content (AvgIpc) is 2.61. The van der Waals surface area contributed by atoms with Crippen LogP contribution in [-0.2, 0) is 0 Å². The van der Waals surface area contributed by atoms with Gasteiger partial charge < -0.3 is 9.80 Å². The van der Waals surface area contributed by atoms with Gasteiger partial charge in [0.05, 0.1) is 0 Å². The minimum absolute atomic E-state index is 0.0363. The zero-order valence-electron chi connectivity index (χ0n) is 14.2. The maximum atomic E-state index is 12.7. The summed E-state index contributed by atoms with van der Waals surface area (Å²) in [6.45, 7) is 6.29. The van der Waals surface area contributed by atoms with Crippen molar-refractivity contribution < 1.29 is 9.59 Å². The Morgan fingerprint density at radius 2 is 1.38 bits per heavy atom. The van der Waals surface area contributed by atoms with Crippen LogP contribution in [0.1, 0.15) is 31.8 Å². The fraction of sp³-hybridized carbons (Fsp3) is 0.300. The SMILES string of the molecule is Cc1ccc(C(=O)N2CCN(C(=O)c3ccccc3)CC2)c(C)c1. The van der Waals surface area contributed by atoms with Gasteiger partial charge in [-0.2, -0.15) is 0 Å². The van der Waals surface area contributed by atoms with Crippen LogP contribution in [-0.4, -0.2) is 47.8 Å². The summed E-state index contributed by atoms with van der Waals surface area (Å²) in [5.41, 5.74) is 3.61. The number of carbonyl (C=O) groups is 2. The molecule has 0 aromatic heterocycles. The molecule has 4 heteroatoms. The first-order chi connectivity index (χ1) is 11.6. The van der Waals surface area contributed by atoms with Crippen LogP contribution in [0.3, 0.4) is 0 Å². The molecule has 2 amide bonds. The van der Waals surface area contributed by atoms with Crippen LogP contribution in [0, 0.1) is 13.8 Å². The van der Waals surface area contributed by atoms with Crippen LogP contribution in [0.4, 0.5) is 0 Å². The van der Waals surface area contributed by atoms with E-state index in [9.17, 15) is 9.59 Å². The average molecular weight is 322 g/mol. The van der Waals surface area contributed by atoms with E-state index in [1.165, 1.54) is 0 Å². The standard InChI is InChI=1S/C20H22N2O2/c1-15-8-9-18(16(2)14-15)20(24)22-12-10-21(11-13-22)19(23)17-6-4-3-5-7-17/h3-9,14H,10-13H2,1-2H3. The minimum atomic E-state index is 0.0363. The predicted molar refractivity (Wildman–Crippen MR) is 94.2 cm³/mol. The Labute approximate surface area is 142 Å². The third-order valence-corrected chi connectivity index (χ3v) is 4.49. The highest BCUT2D eigenvalue weighted by Crippen LogP contribution is 2.15. The highest BCUT2D eigenvalue weighted by molar-refractivity contribution is 5.96. The van der Waals surface area contributed by atoms with Crippen molar-refractivity contribution in [2.24, 2.45) is 0 Å². The van der Waals surface area contributed by atoms with Gasteiger partial charge in [0, 0.05) is 37.3 Å². The molecule has 3 rings (SSSR count). The molecule has 1 aliphatic rings. The maximum absolute atomic E-state index is 12.7. The summed E-state index contributed by atoms with van der Waals surface area (Å²) in [5.74, 6) is 0.0912. The monoisotopic (exact) mass is 322 g/mol. The van der Waals surface area contributed by atoms with Gasteiger partial charge >= 0.3 is 0 Å². The fourth-order valence-corrected chi connectivity index (χ4v) is 3.10. The maximum Gasteiger partial charge on any atom is 0.254 e. The largest absolute Gasteiger partial charge is 0.335 e. The van der Waals surface area contributed by atoms with E-state index in [4.69, 9.17) is 0 Å². The smallest absolute Gasteiger partial charge is 0.254 e. The second-order valence-corrected chi connectivity index (χ2v) is 6.27. The molecule has 2 aromatic carbocycles. The number of piperazine rings is 1. The Kier molecular flexibility index (Phi) is 4.65. The summed E-state index contributed by atoms with van der Waals surface area (Å²) < 4.78 is 0. The molecule has 0 saturated carbocycles. The fourth-order valence-electron chi connectivity index (χ4n) is 3.10. The van der Waals surface area contributed by atoms with E-state index in [-0.39, 0.29) is 11.8 Å². The first-order valence-electron chi connectivity index (χ1n) is 8.27. The molecule has 0 N–H and O–H groups in total. The lowest BCUT2D eigenvalue weighted by Gasteiger charge is -2.35. The molecule has 0 radical (unpaired) electrons. The van der Waals surface area contributed by atoms with Crippen molar-refractivity contribution in [3.8, 4) is 0 Å². The molecule has 0 spiro atoms. The molecular formula is C20H22N2O2. The molecule has 2 aromatic rings. The van der Waals surface area contributed by atoms with Gasteiger partial charge in [-0.15, -0.1) is 0 Å². The van der Waals surface area contributed by atoms with Crippen LogP contribution in [0.25, 0.3) is 0 Å². The number of benzene rings is 2. The molecule has 0 unspecified atom stereocenters. The molecule has 1 aliphatic heterocycles. The molecule has 0 aliphatic carbocycles. The summed E-state index contributed by atoms with van der Waals surface area (Å²) in [4.78, 5) is 28.8. The van der Waals surface area contributed by atoms with E-state index in [1.54, 1.807) is 0 Å². The molecule has 1 saturated heterocycles. The van der Waals surface area contributed by atoms with Crippen LogP contribution in [0.5, 0.6) is 0 Å². The van der Waals surface area contributed by atoms with E-state index < -0.39 is 0 Å². The van der Waals surface area contributed by atoms with E-state index in [1.807, 2.05) is 72.2 Å². The minimum Gasteiger partial charge on any atom is -0.335 e. The van der Waals surface area contributed by atoms with Gasteiger partial charge in [0.2, 0.25) is 0 Å². The zero-order valence-corrected chi connectivity index (χ0v) is 14.2. The lowest BCUT2D eigenvalue weighted by atomic mass is 10.0. The van der Waals surface area contributed by atoms with E-state index in [0.717, 1.165) is 16.7 Å². The molecule has 1 fully saturated rings. The van der Waals surface area contributed by atoms with Crippen LogP contribution >= 0.6 is 0 Å². The Morgan fingerprint density at radius 1 is 0.792 bits per heavy atom. The second-order valence-electron chi connectivity index (χ2n) is 6.27. The Balaban J connectivity index is 1.64. The lowest BCUT2D eigenvalue weighted by molar-refractivity contribution is 0.0535. The van der Waals surface area contributed by atoms with Gasteiger partial charge in [-0.3, -0.25) is 9.59 Å². The molecular weight excluding hydrogens is 300 g/mol. The predicted octanol–water partition coefficient (Wildman–Crippen LogP) is 2.90. The van der Waals surface area contributed by atoms with Gasteiger partial charge in [0.25, 0.3) is 11.8 Å². The highest BCUT2D eigenvalue weighted by atomic mass is 16.2. The summed E-state index contributed by atoms with van der Waals surface area (Å²) >= 11 is 0. The van der Waals surface area contributed by atoms with E-state index >= 15 is 0 Å². The Morgan fingerprint density at radius 3 is 1.96 bits per heavy atom. The lowest BCUT2D eigenvalue weighted by Crippen LogP contribution is -2.50. The third kappa shape index (κ3) is 3.32. The summed E-state index contributed by atoms with van der Waals surface area (Å²) in [7, 11) is 0. The van der Waals surface area contributed by atoms with E-state index in [0.29, 0.717) is 31.7 Å². The topological polar surface area (TPSA) is 40.6 Å². The number of amides is 2. The first-order valence-corrected chi connectivity index (χ1v) is 8.27. The molecule has 24 heavy (non-hydrogen) atoms. The Bertz CT molecular complexity index is 747. The molecule has 0 atom stereocenters. The Hall–Kier alpha value is -2.62. The highest BCUT2D eigenvalue weighted by Gasteiger charge is 2.26. The van der Waals surface area contributed by atoms with Gasteiger partial charge in [-0.25, -0.2) is 0 Å². The van der Waals surface area contributed by atoms with Crippen molar-refractivity contribution in [1.29, 1.82) is 0 Å². The summed E-state index contributed by atoms with van der Waals surface area (Å²) in [6, 6.07) is 15.2. The normalized spacial score (nSPS) is 14.6. The zero-order chi connectivity index (χ0) is 17.1. The molecule has 1 heterocycles. The summed E-state index contributed by atoms with van der Waals surface area (Å²) in [5, 5.41) is 0. The van der Waals surface area contributed by atoms with Gasteiger partial charge in [-0.05, 0) is 37.6 Å². The second kappa shape index (κ2) is 6.87. The molecule has 4 nitrogen and oxygen atoms in total. The number of hydrogen-bond acceptors (Lipinski definition) is 2. The van der Waals surface area contributed by atoms with Crippen molar-refractivity contribution in [3.63, 3.8) is 0 Å². The number of nitrogens with zero attached hydrogens (tertiary/aromatic N) is 2. The third-order valence-electron chi connectivity index (χ3n) is 4.49. The van der Waals surface area contributed by atoms with Crippen molar-refractivity contribution in [3.05, 3.63) is 70.8 Å². The number of carbonyl (C=O) groups excluding carboxylic acids is 2. The number of rotatable bonds is 2. The van der Waals surface area contributed by atoms with Crippen molar-refractivity contribution in [2.45, 2.75) is 13.8 Å². The number of aryl methyl sites for hydroxylation is 2. The van der Waals surface area contributed by atoms with Gasteiger partial charge in [0.1, 0.15) is 0 Å². The van der Waals surface area contributed by atoms with Crippen LogP contribution in [0.2, 0.25) is 0 Å². The first kappa shape index (κ1) is 16.2.